The molecule has 0 aliphatic rings. The van der Waals surface area contributed by atoms with E-state index in [4.69, 9.17) is 4.98 Å². The standard InChI is InChI=1S/C33H39FN2/c1-23(2)25(5)18-29(15-11-14-28-12-9-8-10-13-28)26(6)27(7)33-21-36(22-35-33)20-30-16-17-31(34)19-32(30)24(3)4/h8-10,12-13,16-19,21-23,27H,3,5-6,11,14-15,20H2,1-2,4,7H3/b29-18-. The van der Waals surface area contributed by atoms with Crippen LogP contribution in [0.3, 0.4) is 0 Å². The number of aryl methyl sites for hydroxylation is 1. The summed E-state index contributed by atoms with van der Waals surface area (Å²) in [5, 5.41) is 0. The fourth-order valence-electron chi connectivity index (χ4n) is 4.27. The predicted molar refractivity (Wildman–Crippen MR) is 151 cm³/mol. The van der Waals surface area contributed by atoms with E-state index >= 15 is 0 Å². The molecule has 1 aromatic heterocycles. The lowest BCUT2D eigenvalue weighted by molar-refractivity contribution is 0.625. The summed E-state index contributed by atoms with van der Waals surface area (Å²) >= 11 is 0. The molecular formula is C33H39FN2. The molecule has 0 spiro atoms. The summed E-state index contributed by atoms with van der Waals surface area (Å²) in [6, 6.07) is 15.5. The van der Waals surface area contributed by atoms with Crippen LogP contribution in [0.15, 0.2) is 104 Å². The molecule has 3 heteroatoms. The average Bonchev–Trinajstić information content (AvgIpc) is 3.32. The molecule has 0 fully saturated rings. The predicted octanol–water partition coefficient (Wildman–Crippen LogP) is 8.92. The van der Waals surface area contributed by atoms with Crippen LogP contribution in [0.4, 0.5) is 4.39 Å². The minimum Gasteiger partial charge on any atom is -0.333 e. The minimum atomic E-state index is -0.248. The second-order valence-electron chi connectivity index (χ2n) is 10.0. The third-order valence-electron chi connectivity index (χ3n) is 6.77. The Morgan fingerprint density at radius 2 is 1.78 bits per heavy atom. The summed E-state index contributed by atoms with van der Waals surface area (Å²) < 4.78 is 15.8. The molecule has 1 heterocycles. The third-order valence-corrected chi connectivity index (χ3v) is 6.77. The van der Waals surface area contributed by atoms with Crippen LogP contribution in [-0.4, -0.2) is 9.55 Å². The number of allylic oxidation sites excluding steroid dienone is 5. The molecule has 0 aliphatic heterocycles. The van der Waals surface area contributed by atoms with Crippen LogP contribution in [0.1, 0.15) is 68.8 Å². The van der Waals surface area contributed by atoms with Crippen molar-refractivity contribution in [3.05, 3.63) is 132 Å². The quantitative estimate of drug-likeness (QED) is 0.236. The molecule has 3 aromatic rings. The van der Waals surface area contributed by atoms with Crippen LogP contribution >= 0.6 is 0 Å². The number of halogens is 1. The Hall–Kier alpha value is -3.46. The van der Waals surface area contributed by atoms with Crippen molar-refractivity contribution in [2.45, 2.75) is 59.4 Å². The van der Waals surface area contributed by atoms with Gasteiger partial charge in [-0.25, -0.2) is 9.37 Å². The van der Waals surface area contributed by atoms with Gasteiger partial charge in [-0.3, -0.25) is 0 Å². The van der Waals surface area contributed by atoms with E-state index in [0.29, 0.717) is 12.5 Å². The van der Waals surface area contributed by atoms with Gasteiger partial charge in [0, 0.05) is 18.7 Å². The van der Waals surface area contributed by atoms with Crippen molar-refractivity contribution in [1.29, 1.82) is 0 Å². The first-order valence-electron chi connectivity index (χ1n) is 12.7. The topological polar surface area (TPSA) is 17.8 Å². The molecule has 0 amide bonds. The van der Waals surface area contributed by atoms with E-state index in [0.717, 1.165) is 52.8 Å². The molecule has 3 rings (SSSR count). The van der Waals surface area contributed by atoms with Gasteiger partial charge in [-0.15, -0.1) is 0 Å². The molecular weight excluding hydrogens is 443 g/mol. The van der Waals surface area contributed by atoms with Gasteiger partial charge in [0.15, 0.2) is 0 Å². The number of aromatic nitrogens is 2. The van der Waals surface area contributed by atoms with Crippen molar-refractivity contribution < 1.29 is 4.39 Å². The first-order valence-corrected chi connectivity index (χ1v) is 12.7. The van der Waals surface area contributed by atoms with Gasteiger partial charge < -0.3 is 4.57 Å². The van der Waals surface area contributed by atoms with Gasteiger partial charge in [-0.05, 0) is 72.1 Å². The lowest BCUT2D eigenvalue weighted by Gasteiger charge is -2.18. The van der Waals surface area contributed by atoms with E-state index in [1.165, 1.54) is 17.2 Å². The van der Waals surface area contributed by atoms with Crippen LogP contribution in [0.5, 0.6) is 0 Å². The van der Waals surface area contributed by atoms with E-state index in [1.807, 2.05) is 23.9 Å². The van der Waals surface area contributed by atoms with Gasteiger partial charge in [0.1, 0.15) is 5.82 Å². The molecule has 0 saturated heterocycles. The molecule has 0 radical (unpaired) electrons. The number of nitrogens with zero attached hydrogens (tertiary/aromatic N) is 2. The maximum absolute atomic E-state index is 13.8. The minimum absolute atomic E-state index is 0.0722. The normalized spacial score (nSPS) is 12.6. The second-order valence-corrected chi connectivity index (χ2v) is 10.0. The summed E-state index contributed by atoms with van der Waals surface area (Å²) in [5.41, 5.74) is 8.49. The van der Waals surface area contributed by atoms with E-state index in [1.54, 1.807) is 6.07 Å². The lowest BCUT2D eigenvalue weighted by atomic mass is 9.87. The highest BCUT2D eigenvalue weighted by Crippen LogP contribution is 2.31. The Morgan fingerprint density at radius 3 is 2.44 bits per heavy atom. The summed E-state index contributed by atoms with van der Waals surface area (Å²) in [5.74, 6) is 0.209. The van der Waals surface area contributed by atoms with Crippen molar-refractivity contribution >= 4 is 5.57 Å². The highest BCUT2D eigenvalue weighted by Gasteiger charge is 2.17. The number of hydrogen-bond acceptors (Lipinski definition) is 1. The number of hydrogen-bond donors (Lipinski definition) is 0. The van der Waals surface area contributed by atoms with Crippen LogP contribution in [0, 0.1) is 11.7 Å². The van der Waals surface area contributed by atoms with Crippen molar-refractivity contribution in [3.8, 4) is 0 Å². The maximum Gasteiger partial charge on any atom is 0.123 e. The molecule has 0 bridgehead atoms. The van der Waals surface area contributed by atoms with Gasteiger partial charge in [-0.2, -0.15) is 0 Å². The monoisotopic (exact) mass is 482 g/mol. The van der Waals surface area contributed by atoms with Crippen LogP contribution in [0.25, 0.3) is 5.57 Å². The first-order chi connectivity index (χ1) is 17.2. The fraction of sp³-hybridized carbons (Fsp3) is 0.303. The Kier molecular flexibility index (Phi) is 9.41. The van der Waals surface area contributed by atoms with Gasteiger partial charge in [-0.1, -0.05) is 94.1 Å². The van der Waals surface area contributed by atoms with Crippen molar-refractivity contribution in [2.24, 2.45) is 5.92 Å². The summed E-state index contributed by atoms with van der Waals surface area (Å²) in [6.07, 6.45) is 9.17. The van der Waals surface area contributed by atoms with Crippen molar-refractivity contribution in [2.75, 3.05) is 0 Å². The lowest BCUT2D eigenvalue weighted by Crippen LogP contribution is -2.04. The number of benzene rings is 2. The molecule has 0 saturated carbocycles. The molecule has 1 atom stereocenters. The smallest absolute Gasteiger partial charge is 0.123 e. The molecule has 188 valence electrons. The zero-order chi connectivity index (χ0) is 26.2. The van der Waals surface area contributed by atoms with Crippen molar-refractivity contribution in [1.82, 2.24) is 9.55 Å². The highest BCUT2D eigenvalue weighted by atomic mass is 19.1. The molecule has 1 unspecified atom stereocenters. The summed E-state index contributed by atoms with van der Waals surface area (Å²) in [4.78, 5) is 4.71. The molecule has 0 aliphatic carbocycles. The van der Waals surface area contributed by atoms with Gasteiger partial charge >= 0.3 is 0 Å². The van der Waals surface area contributed by atoms with Crippen LogP contribution in [0.2, 0.25) is 0 Å². The number of imidazole rings is 1. The summed E-state index contributed by atoms with van der Waals surface area (Å²) in [7, 11) is 0. The Bertz CT molecular complexity index is 1240. The molecule has 36 heavy (non-hydrogen) atoms. The van der Waals surface area contributed by atoms with Crippen LogP contribution in [-0.2, 0) is 13.0 Å². The van der Waals surface area contributed by atoms with E-state index in [-0.39, 0.29) is 11.7 Å². The molecule has 0 N–H and O–H groups in total. The highest BCUT2D eigenvalue weighted by molar-refractivity contribution is 5.64. The molecule has 2 nitrogen and oxygen atoms in total. The van der Waals surface area contributed by atoms with E-state index in [9.17, 15) is 4.39 Å². The van der Waals surface area contributed by atoms with Crippen molar-refractivity contribution in [3.63, 3.8) is 0 Å². The Balaban J connectivity index is 1.75. The van der Waals surface area contributed by atoms with Gasteiger partial charge in [0.05, 0.1) is 12.0 Å². The van der Waals surface area contributed by atoms with Gasteiger partial charge in [0.25, 0.3) is 0 Å². The number of rotatable bonds is 12. The average molecular weight is 483 g/mol. The zero-order valence-electron chi connectivity index (χ0n) is 22.2. The molecule has 2 aromatic carbocycles. The van der Waals surface area contributed by atoms with Crippen LogP contribution < -0.4 is 0 Å². The Morgan fingerprint density at radius 1 is 1.06 bits per heavy atom. The third kappa shape index (κ3) is 7.27. The summed E-state index contributed by atoms with van der Waals surface area (Å²) in [6.45, 7) is 21.8. The van der Waals surface area contributed by atoms with Gasteiger partial charge in [0.2, 0.25) is 0 Å². The SMILES string of the molecule is C=C(C)c1cc(F)ccc1Cn1cnc(C(C)C(=C)/C(=C\C(=C)C(C)C)CCCc2ccccc2)c1. The largest absolute Gasteiger partial charge is 0.333 e. The van der Waals surface area contributed by atoms with E-state index < -0.39 is 0 Å². The zero-order valence-corrected chi connectivity index (χ0v) is 22.2. The fourth-order valence-corrected chi connectivity index (χ4v) is 4.27. The maximum atomic E-state index is 13.8. The second kappa shape index (κ2) is 12.5. The first kappa shape index (κ1) is 27.1. The van der Waals surface area contributed by atoms with E-state index in [2.05, 4.69) is 83.1 Å². The Labute approximate surface area is 216 Å².